The molecule has 0 saturated carbocycles. The van der Waals surface area contributed by atoms with Gasteiger partial charge in [0.25, 0.3) is 0 Å². The van der Waals surface area contributed by atoms with Crippen molar-refractivity contribution in [2.24, 2.45) is 0 Å². The SMILES string of the molecule is CCn1c(CN[C@H](C)c2ccc3c(c2)CCCC3)nc2cc(S(=O)(=O)N3CCOCC3)ccc21. The van der Waals surface area contributed by atoms with Crippen LogP contribution in [0.1, 0.15) is 55.2 Å². The first-order valence-electron chi connectivity index (χ1n) is 12.4. The molecule has 3 aromatic rings. The number of nitrogens with zero attached hydrogens (tertiary/aromatic N) is 3. The van der Waals surface area contributed by atoms with Crippen LogP contribution in [0, 0.1) is 0 Å². The number of sulfonamides is 1. The minimum atomic E-state index is -3.54. The van der Waals surface area contributed by atoms with Gasteiger partial charge >= 0.3 is 0 Å². The Labute approximate surface area is 202 Å². The predicted molar refractivity (Wildman–Crippen MR) is 133 cm³/mol. The van der Waals surface area contributed by atoms with E-state index in [1.165, 1.54) is 46.7 Å². The molecule has 8 heteroatoms. The highest BCUT2D eigenvalue weighted by Crippen LogP contribution is 2.26. The Morgan fingerprint density at radius 1 is 1.06 bits per heavy atom. The number of imidazole rings is 1. The molecule has 1 N–H and O–H groups in total. The van der Waals surface area contributed by atoms with E-state index in [2.05, 4.69) is 41.9 Å². The molecule has 0 spiro atoms. The fraction of sp³-hybridized carbons (Fsp3) is 0.500. The Kier molecular flexibility index (Phi) is 6.75. The number of ether oxygens (including phenoxy) is 1. The second-order valence-electron chi connectivity index (χ2n) is 9.28. The Morgan fingerprint density at radius 2 is 1.82 bits per heavy atom. The summed E-state index contributed by atoms with van der Waals surface area (Å²) in [5.74, 6) is 0.920. The minimum Gasteiger partial charge on any atom is -0.379 e. The van der Waals surface area contributed by atoms with E-state index in [1.54, 1.807) is 12.1 Å². The first-order chi connectivity index (χ1) is 16.5. The first-order valence-corrected chi connectivity index (χ1v) is 13.8. The maximum atomic E-state index is 13.1. The van der Waals surface area contributed by atoms with Gasteiger partial charge < -0.3 is 14.6 Å². The van der Waals surface area contributed by atoms with E-state index in [-0.39, 0.29) is 6.04 Å². The van der Waals surface area contributed by atoms with Gasteiger partial charge in [0.1, 0.15) is 5.82 Å². The van der Waals surface area contributed by atoms with Crippen LogP contribution in [0.25, 0.3) is 11.0 Å². The van der Waals surface area contributed by atoms with E-state index in [1.807, 2.05) is 6.07 Å². The molecule has 7 nitrogen and oxygen atoms in total. The van der Waals surface area contributed by atoms with Crippen LogP contribution in [0.3, 0.4) is 0 Å². The lowest BCUT2D eigenvalue weighted by atomic mass is 9.89. The molecule has 1 saturated heterocycles. The van der Waals surface area contributed by atoms with Gasteiger partial charge in [-0.15, -0.1) is 0 Å². The fourth-order valence-electron chi connectivity index (χ4n) is 5.13. The van der Waals surface area contributed by atoms with Gasteiger partial charge in [-0.05, 0) is 74.4 Å². The maximum Gasteiger partial charge on any atom is 0.243 e. The zero-order valence-corrected chi connectivity index (χ0v) is 20.9. The number of benzene rings is 2. The van der Waals surface area contributed by atoms with Crippen LogP contribution >= 0.6 is 0 Å². The molecule has 0 bridgehead atoms. The predicted octanol–water partition coefficient (Wildman–Crippen LogP) is 3.81. The third-order valence-electron chi connectivity index (χ3n) is 7.16. The molecule has 1 aliphatic heterocycles. The van der Waals surface area contributed by atoms with Crippen molar-refractivity contribution in [3.8, 4) is 0 Å². The number of aryl methyl sites for hydroxylation is 3. The molecule has 2 heterocycles. The van der Waals surface area contributed by atoms with Crippen LogP contribution in [0.5, 0.6) is 0 Å². The summed E-state index contributed by atoms with van der Waals surface area (Å²) >= 11 is 0. The molecule has 1 fully saturated rings. The lowest BCUT2D eigenvalue weighted by Gasteiger charge is -2.26. The van der Waals surface area contributed by atoms with Crippen molar-refractivity contribution in [2.75, 3.05) is 26.3 Å². The van der Waals surface area contributed by atoms with E-state index in [4.69, 9.17) is 9.72 Å². The third kappa shape index (κ3) is 4.52. The number of hydrogen-bond donors (Lipinski definition) is 1. The Balaban J connectivity index is 1.36. The molecule has 1 atom stereocenters. The average Bonchev–Trinajstić information content (AvgIpc) is 3.24. The van der Waals surface area contributed by atoms with Crippen LogP contribution in [-0.2, 0) is 40.7 Å². The summed E-state index contributed by atoms with van der Waals surface area (Å²) in [6, 6.07) is 12.4. The highest BCUT2D eigenvalue weighted by molar-refractivity contribution is 7.89. The fourth-order valence-corrected chi connectivity index (χ4v) is 6.56. The summed E-state index contributed by atoms with van der Waals surface area (Å²) in [4.78, 5) is 5.13. The first kappa shape index (κ1) is 23.5. The van der Waals surface area contributed by atoms with Gasteiger partial charge in [0.05, 0.1) is 35.7 Å². The van der Waals surface area contributed by atoms with E-state index < -0.39 is 10.0 Å². The largest absolute Gasteiger partial charge is 0.379 e. The van der Waals surface area contributed by atoms with E-state index in [9.17, 15) is 8.42 Å². The second-order valence-corrected chi connectivity index (χ2v) is 11.2. The number of aromatic nitrogens is 2. The van der Waals surface area contributed by atoms with E-state index >= 15 is 0 Å². The number of hydrogen-bond acceptors (Lipinski definition) is 5. The van der Waals surface area contributed by atoms with Gasteiger partial charge in [-0.1, -0.05) is 18.2 Å². The minimum absolute atomic E-state index is 0.203. The number of fused-ring (bicyclic) bond motifs is 2. The smallest absolute Gasteiger partial charge is 0.243 e. The summed E-state index contributed by atoms with van der Waals surface area (Å²) in [5.41, 5.74) is 5.97. The lowest BCUT2D eigenvalue weighted by molar-refractivity contribution is 0.0730. The van der Waals surface area contributed by atoms with Gasteiger partial charge in [-0.2, -0.15) is 4.31 Å². The van der Waals surface area contributed by atoms with E-state index in [0.29, 0.717) is 37.7 Å². The van der Waals surface area contributed by atoms with Gasteiger partial charge in [0.2, 0.25) is 10.0 Å². The van der Waals surface area contributed by atoms with Gasteiger partial charge in [0.15, 0.2) is 0 Å². The molecule has 2 aliphatic rings. The standard InChI is InChI=1S/C26H34N4O3S/c1-3-30-25-11-10-23(34(31,32)29-12-14-33-15-13-29)17-24(25)28-26(30)18-27-19(2)21-9-8-20-6-4-5-7-22(20)16-21/h8-11,16-17,19,27H,3-7,12-15,18H2,1-2H3/t19-/m1/s1. The van der Waals surface area contributed by atoms with Crippen molar-refractivity contribution in [1.29, 1.82) is 0 Å². The van der Waals surface area contributed by atoms with Crippen LogP contribution in [0.2, 0.25) is 0 Å². The molecule has 2 aromatic carbocycles. The lowest BCUT2D eigenvalue weighted by Crippen LogP contribution is -2.40. The molecular formula is C26H34N4O3S. The van der Waals surface area contributed by atoms with Crippen LogP contribution < -0.4 is 5.32 Å². The number of nitrogens with one attached hydrogen (secondary N) is 1. The average molecular weight is 483 g/mol. The molecule has 0 radical (unpaired) electrons. The van der Waals surface area contributed by atoms with Crippen molar-refractivity contribution >= 4 is 21.1 Å². The maximum absolute atomic E-state index is 13.1. The Morgan fingerprint density at radius 3 is 2.59 bits per heavy atom. The van der Waals surface area contributed by atoms with Crippen molar-refractivity contribution in [3.63, 3.8) is 0 Å². The molecule has 182 valence electrons. The van der Waals surface area contributed by atoms with Crippen molar-refractivity contribution in [2.45, 2.75) is 63.6 Å². The van der Waals surface area contributed by atoms with Crippen molar-refractivity contribution in [3.05, 3.63) is 58.9 Å². The van der Waals surface area contributed by atoms with Crippen molar-refractivity contribution < 1.29 is 13.2 Å². The molecule has 5 rings (SSSR count). The highest BCUT2D eigenvalue weighted by Gasteiger charge is 2.27. The van der Waals surface area contributed by atoms with Crippen molar-refractivity contribution in [1.82, 2.24) is 19.2 Å². The monoisotopic (exact) mass is 482 g/mol. The molecule has 34 heavy (non-hydrogen) atoms. The van der Waals surface area contributed by atoms with Gasteiger partial charge in [0, 0.05) is 25.7 Å². The summed E-state index contributed by atoms with van der Waals surface area (Å²) in [6.07, 6.45) is 4.95. The molecular weight excluding hydrogens is 448 g/mol. The van der Waals surface area contributed by atoms with E-state index in [0.717, 1.165) is 23.4 Å². The Bertz CT molecular complexity index is 1280. The summed E-state index contributed by atoms with van der Waals surface area (Å²) in [6.45, 7) is 7.32. The quantitative estimate of drug-likeness (QED) is 0.554. The summed E-state index contributed by atoms with van der Waals surface area (Å²) < 4.78 is 35.1. The molecule has 0 unspecified atom stereocenters. The highest BCUT2D eigenvalue weighted by atomic mass is 32.2. The Hall–Kier alpha value is -2.26. The third-order valence-corrected chi connectivity index (χ3v) is 9.06. The van der Waals surface area contributed by atoms with Gasteiger partial charge in [-0.25, -0.2) is 13.4 Å². The van der Waals surface area contributed by atoms with Crippen LogP contribution in [0.15, 0.2) is 41.3 Å². The zero-order chi connectivity index (χ0) is 23.7. The number of morpholine rings is 1. The molecule has 0 amide bonds. The molecule has 1 aliphatic carbocycles. The zero-order valence-electron chi connectivity index (χ0n) is 20.1. The van der Waals surface area contributed by atoms with Gasteiger partial charge in [-0.3, -0.25) is 0 Å². The normalized spacial score (nSPS) is 18.2. The summed E-state index contributed by atoms with van der Waals surface area (Å²) in [5, 5.41) is 3.63. The topological polar surface area (TPSA) is 76.5 Å². The van der Waals surface area contributed by atoms with Crippen LogP contribution in [0.4, 0.5) is 0 Å². The number of rotatable bonds is 7. The summed E-state index contributed by atoms with van der Waals surface area (Å²) in [7, 11) is -3.54. The van der Waals surface area contributed by atoms with Crippen LogP contribution in [-0.4, -0.2) is 48.6 Å². The molecule has 1 aromatic heterocycles. The second kappa shape index (κ2) is 9.77.